The summed E-state index contributed by atoms with van der Waals surface area (Å²) in [7, 11) is 0. The monoisotopic (exact) mass is 616 g/mol. The number of halogens is 1. The predicted octanol–water partition coefficient (Wildman–Crippen LogP) is 2.79. The van der Waals surface area contributed by atoms with Crippen LogP contribution in [-0.4, -0.2) is 64.7 Å². The number of nitrogens with zero attached hydrogens (tertiary/aromatic N) is 1. The van der Waals surface area contributed by atoms with Crippen LogP contribution in [0.25, 0.3) is 0 Å². The van der Waals surface area contributed by atoms with Crippen LogP contribution in [0.1, 0.15) is 54.4 Å². The number of Topliss-reactive ketones (excluding diaryl/α,β-unsaturated/α-hetero) is 1. The van der Waals surface area contributed by atoms with Crippen LogP contribution in [0.4, 0.5) is 5.69 Å². The van der Waals surface area contributed by atoms with Gasteiger partial charge < -0.3 is 25.8 Å². The molecule has 2 atom stereocenters. The van der Waals surface area contributed by atoms with Crippen molar-refractivity contribution < 1.29 is 38.7 Å². The Kier molecular flexibility index (Phi) is 12.6. The standard InChI is InChI=1S/C29H33ClN4O9/c30-21-12-11-20(14-24(21)34(41)42)27(38)32-22(13-18-7-3-1-4-8-18)28(39)33-23(26(37)29(40)31-15-25(35)36)17-43-16-19-9-5-2-6-10-19/h2,5-6,9-12,14,18,22-23H,1,3-4,7-8,13,15-17H2,(H,31,40)(H,32,38)(H,33,39)(H,35,36)/t22-,23?/m1/s1. The fourth-order valence-electron chi connectivity index (χ4n) is 4.75. The van der Waals surface area contributed by atoms with Crippen molar-refractivity contribution in [3.05, 3.63) is 74.8 Å². The molecule has 1 fully saturated rings. The number of rotatable bonds is 15. The minimum Gasteiger partial charge on any atom is -0.480 e. The third kappa shape index (κ3) is 10.5. The molecule has 3 rings (SSSR count). The van der Waals surface area contributed by atoms with Gasteiger partial charge >= 0.3 is 5.97 Å². The first-order valence-corrected chi connectivity index (χ1v) is 14.1. The molecule has 14 heteroatoms. The van der Waals surface area contributed by atoms with Crippen molar-refractivity contribution in [2.24, 2.45) is 5.92 Å². The van der Waals surface area contributed by atoms with Gasteiger partial charge in [0.2, 0.25) is 11.7 Å². The Morgan fingerprint density at radius 1 is 1.00 bits per heavy atom. The summed E-state index contributed by atoms with van der Waals surface area (Å²) in [4.78, 5) is 73.5. The molecule has 0 radical (unpaired) electrons. The summed E-state index contributed by atoms with van der Waals surface area (Å²) in [6, 6.07) is 9.81. The summed E-state index contributed by atoms with van der Waals surface area (Å²) in [5.74, 6) is -5.16. The Morgan fingerprint density at radius 3 is 2.35 bits per heavy atom. The molecule has 0 heterocycles. The number of carbonyl (C=O) groups is 5. The van der Waals surface area contributed by atoms with Gasteiger partial charge in [0.05, 0.1) is 18.1 Å². The van der Waals surface area contributed by atoms with Crippen molar-refractivity contribution in [2.75, 3.05) is 13.2 Å². The molecule has 0 saturated heterocycles. The first-order chi connectivity index (χ1) is 20.5. The van der Waals surface area contributed by atoms with Crippen molar-refractivity contribution in [3.8, 4) is 0 Å². The molecule has 1 aliphatic rings. The van der Waals surface area contributed by atoms with E-state index in [0.29, 0.717) is 0 Å². The van der Waals surface area contributed by atoms with Gasteiger partial charge in [-0.25, -0.2) is 0 Å². The third-order valence-electron chi connectivity index (χ3n) is 6.97. The van der Waals surface area contributed by atoms with E-state index in [4.69, 9.17) is 21.4 Å². The van der Waals surface area contributed by atoms with Crippen molar-refractivity contribution in [1.82, 2.24) is 16.0 Å². The van der Waals surface area contributed by atoms with Crippen LogP contribution in [0.15, 0.2) is 48.5 Å². The molecule has 2 aromatic rings. The number of hydrogen-bond acceptors (Lipinski definition) is 8. The first kappa shape index (κ1) is 33.1. The normalized spacial score (nSPS) is 14.6. The Bertz CT molecular complexity index is 1330. The topological polar surface area (TPSA) is 194 Å². The number of aliphatic carboxylic acids is 1. The van der Waals surface area contributed by atoms with Gasteiger partial charge in [0, 0.05) is 11.6 Å². The number of ketones is 1. The lowest BCUT2D eigenvalue weighted by Crippen LogP contribution is -2.56. The van der Waals surface area contributed by atoms with E-state index in [0.717, 1.165) is 43.7 Å². The minimum absolute atomic E-state index is 0.0643. The van der Waals surface area contributed by atoms with Crippen LogP contribution in [-0.2, 0) is 30.5 Å². The molecule has 4 N–H and O–H groups in total. The Hall–Kier alpha value is -4.36. The zero-order valence-electron chi connectivity index (χ0n) is 23.3. The van der Waals surface area contributed by atoms with Crippen LogP contribution < -0.4 is 16.0 Å². The average molecular weight is 617 g/mol. The number of benzene rings is 2. The van der Waals surface area contributed by atoms with E-state index >= 15 is 0 Å². The maximum absolute atomic E-state index is 13.6. The summed E-state index contributed by atoms with van der Waals surface area (Å²) in [5.41, 5.74) is 0.204. The van der Waals surface area contributed by atoms with E-state index in [1.165, 1.54) is 12.1 Å². The minimum atomic E-state index is -1.49. The summed E-state index contributed by atoms with van der Waals surface area (Å²) < 4.78 is 5.61. The summed E-state index contributed by atoms with van der Waals surface area (Å²) in [6.07, 6.45) is 4.83. The Balaban J connectivity index is 1.80. The molecule has 230 valence electrons. The number of nitrogens with one attached hydrogen (secondary N) is 3. The molecule has 0 aromatic heterocycles. The van der Waals surface area contributed by atoms with Crippen LogP contribution in [0.5, 0.6) is 0 Å². The maximum atomic E-state index is 13.6. The molecule has 0 aliphatic heterocycles. The number of carbonyl (C=O) groups excluding carboxylic acids is 4. The molecule has 0 bridgehead atoms. The zero-order chi connectivity index (χ0) is 31.4. The smallest absolute Gasteiger partial charge is 0.322 e. The molecule has 3 amide bonds. The highest BCUT2D eigenvalue weighted by Crippen LogP contribution is 2.28. The average Bonchev–Trinajstić information content (AvgIpc) is 2.99. The van der Waals surface area contributed by atoms with Crippen LogP contribution in [0.2, 0.25) is 5.02 Å². The number of hydrogen-bond donors (Lipinski definition) is 4. The first-order valence-electron chi connectivity index (χ1n) is 13.8. The second-order valence-electron chi connectivity index (χ2n) is 10.2. The predicted molar refractivity (Wildman–Crippen MR) is 154 cm³/mol. The lowest BCUT2D eigenvalue weighted by atomic mass is 9.84. The fraction of sp³-hybridized carbons (Fsp3) is 0.414. The number of nitro benzene ring substituents is 1. The van der Waals surface area contributed by atoms with Gasteiger partial charge in [0.15, 0.2) is 0 Å². The van der Waals surface area contributed by atoms with E-state index < -0.39 is 65.3 Å². The van der Waals surface area contributed by atoms with Crippen LogP contribution >= 0.6 is 11.6 Å². The van der Waals surface area contributed by atoms with Gasteiger partial charge in [-0.05, 0) is 30.0 Å². The van der Waals surface area contributed by atoms with Gasteiger partial charge in [0.1, 0.15) is 23.7 Å². The molecule has 2 aromatic carbocycles. The number of amides is 3. The number of nitro groups is 1. The van der Waals surface area contributed by atoms with E-state index in [1.54, 1.807) is 24.3 Å². The van der Waals surface area contributed by atoms with Gasteiger partial charge in [-0.15, -0.1) is 0 Å². The molecule has 13 nitrogen and oxygen atoms in total. The quantitative estimate of drug-likeness (QED) is 0.132. The van der Waals surface area contributed by atoms with Crippen molar-refractivity contribution in [2.45, 2.75) is 57.2 Å². The Labute approximate surface area is 252 Å². The summed E-state index contributed by atoms with van der Waals surface area (Å²) in [5, 5.41) is 27.1. The number of carboxylic acid groups (broad SMARTS) is 1. The van der Waals surface area contributed by atoms with Crippen molar-refractivity contribution in [3.63, 3.8) is 0 Å². The van der Waals surface area contributed by atoms with Crippen LogP contribution in [0.3, 0.4) is 0 Å². The van der Waals surface area contributed by atoms with Crippen LogP contribution in [0, 0.1) is 16.0 Å². The van der Waals surface area contributed by atoms with E-state index in [2.05, 4.69) is 10.6 Å². The molecule has 1 saturated carbocycles. The van der Waals surface area contributed by atoms with Gasteiger partial charge in [-0.3, -0.25) is 34.1 Å². The van der Waals surface area contributed by atoms with Crippen molar-refractivity contribution in [1.29, 1.82) is 0 Å². The maximum Gasteiger partial charge on any atom is 0.322 e. The van der Waals surface area contributed by atoms with Gasteiger partial charge in [-0.2, -0.15) is 0 Å². The third-order valence-corrected chi connectivity index (χ3v) is 7.29. The van der Waals surface area contributed by atoms with Gasteiger partial charge in [-0.1, -0.05) is 74.0 Å². The second kappa shape index (κ2) is 16.3. The van der Waals surface area contributed by atoms with Crippen molar-refractivity contribution >= 4 is 46.8 Å². The molecular weight excluding hydrogens is 584 g/mol. The lowest BCUT2D eigenvalue weighted by Gasteiger charge is -2.28. The highest BCUT2D eigenvalue weighted by molar-refractivity contribution is 6.38. The molecule has 1 aliphatic carbocycles. The van der Waals surface area contributed by atoms with E-state index in [1.807, 2.05) is 11.4 Å². The van der Waals surface area contributed by atoms with E-state index in [9.17, 15) is 34.1 Å². The largest absolute Gasteiger partial charge is 0.480 e. The summed E-state index contributed by atoms with van der Waals surface area (Å²) in [6.45, 7) is -1.15. The molecule has 1 unspecified atom stereocenters. The molecular formula is C29H33ClN4O9. The second-order valence-corrected chi connectivity index (χ2v) is 10.6. The summed E-state index contributed by atoms with van der Waals surface area (Å²) >= 11 is 5.87. The SMILES string of the molecule is O=C(O)CNC(=O)C(=O)C(COCc1ccccc1)NC(=O)[C@@H](CC1CCCCC1)NC(=O)c1ccc(Cl)c([N+](=O)[O-])c1. The van der Waals surface area contributed by atoms with Gasteiger partial charge in [0.25, 0.3) is 17.5 Å². The zero-order valence-corrected chi connectivity index (χ0v) is 24.0. The highest BCUT2D eigenvalue weighted by atomic mass is 35.5. The molecule has 0 spiro atoms. The van der Waals surface area contributed by atoms with E-state index in [-0.39, 0.29) is 29.5 Å². The highest BCUT2D eigenvalue weighted by Gasteiger charge is 2.32. The fourth-order valence-corrected chi connectivity index (χ4v) is 4.93. The lowest BCUT2D eigenvalue weighted by molar-refractivity contribution is -0.384. The number of ether oxygens (including phenoxy) is 1. The number of carboxylic acids is 1. The Morgan fingerprint density at radius 2 is 1.70 bits per heavy atom. The molecule has 43 heavy (non-hydrogen) atoms.